The van der Waals surface area contributed by atoms with E-state index in [4.69, 9.17) is 4.74 Å². The first-order chi connectivity index (χ1) is 15.0. The van der Waals surface area contributed by atoms with Gasteiger partial charge >= 0.3 is 0 Å². The van der Waals surface area contributed by atoms with Crippen LogP contribution in [-0.2, 0) is 0 Å². The zero-order valence-electron chi connectivity index (χ0n) is 17.6. The number of ether oxygens (including phenoxy) is 1. The Morgan fingerprint density at radius 1 is 1.16 bits per heavy atom. The summed E-state index contributed by atoms with van der Waals surface area (Å²) in [6.07, 6.45) is 3.40. The molecule has 7 nitrogen and oxygen atoms in total. The number of pyridine rings is 1. The number of aromatic nitrogens is 5. The molecule has 0 radical (unpaired) electrons. The maximum atomic E-state index is 12.9. The second kappa shape index (κ2) is 10.5. The molecule has 0 amide bonds. The standard InChI is InChI=1S/C22H24F2N6O/c1-4-17(25-3)9-18(20-6-5-15(10-26-20)22(23)24)14(2)13-31-21-8-7-19(29-30-21)16-11-27-28-12-16/h5-8,10-12,22H,4,9,13H2,1-3H3,(H,27,28)/b18-14-,25-17?. The lowest BCUT2D eigenvalue weighted by molar-refractivity contribution is 0.151. The molecule has 0 unspecified atom stereocenters. The summed E-state index contributed by atoms with van der Waals surface area (Å²) < 4.78 is 31.6. The lowest BCUT2D eigenvalue weighted by Gasteiger charge is -2.14. The van der Waals surface area contributed by atoms with Crippen LogP contribution in [0.5, 0.6) is 5.88 Å². The second-order valence-electron chi connectivity index (χ2n) is 6.89. The van der Waals surface area contributed by atoms with Crippen molar-refractivity contribution in [2.24, 2.45) is 4.99 Å². The van der Waals surface area contributed by atoms with Gasteiger partial charge < -0.3 is 4.74 Å². The molecule has 31 heavy (non-hydrogen) atoms. The van der Waals surface area contributed by atoms with E-state index in [1.807, 2.05) is 13.8 Å². The summed E-state index contributed by atoms with van der Waals surface area (Å²) in [5, 5.41) is 14.9. The van der Waals surface area contributed by atoms with Crippen LogP contribution in [0.15, 0.2) is 53.4 Å². The molecular weight excluding hydrogens is 402 g/mol. The van der Waals surface area contributed by atoms with E-state index in [0.29, 0.717) is 23.7 Å². The highest BCUT2D eigenvalue weighted by Crippen LogP contribution is 2.25. The fraction of sp³-hybridized carbons (Fsp3) is 0.318. The van der Waals surface area contributed by atoms with E-state index in [2.05, 4.69) is 30.4 Å². The Labute approximate surface area is 179 Å². The quantitative estimate of drug-likeness (QED) is 0.491. The zero-order chi connectivity index (χ0) is 22.2. The predicted molar refractivity (Wildman–Crippen MR) is 115 cm³/mol. The first-order valence-electron chi connectivity index (χ1n) is 9.85. The molecule has 9 heteroatoms. The number of alkyl halides is 2. The molecular formula is C22H24F2N6O. The van der Waals surface area contributed by atoms with Gasteiger partial charge in [-0.3, -0.25) is 15.1 Å². The highest BCUT2D eigenvalue weighted by Gasteiger charge is 2.14. The Hall–Kier alpha value is -3.49. The first kappa shape index (κ1) is 22.2. The monoisotopic (exact) mass is 426 g/mol. The molecule has 0 saturated carbocycles. The molecule has 3 rings (SSSR count). The van der Waals surface area contributed by atoms with E-state index in [9.17, 15) is 8.78 Å². The molecule has 0 aromatic carbocycles. The van der Waals surface area contributed by atoms with Gasteiger partial charge in [0.2, 0.25) is 5.88 Å². The third kappa shape index (κ3) is 5.78. The van der Waals surface area contributed by atoms with Crippen LogP contribution in [0.25, 0.3) is 16.8 Å². The maximum Gasteiger partial charge on any atom is 0.265 e. The van der Waals surface area contributed by atoms with Crippen LogP contribution in [0.4, 0.5) is 8.78 Å². The van der Waals surface area contributed by atoms with Gasteiger partial charge in [0, 0.05) is 48.8 Å². The number of nitrogens with zero attached hydrogens (tertiary/aromatic N) is 5. The average molecular weight is 426 g/mol. The van der Waals surface area contributed by atoms with Crippen molar-refractivity contribution in [1.82, 2.24) is 25.4 Å². The molecule has 0 spiro atoms. The van der Waals surface area contributed by atoms with Crippen LogP contribution in [0.1, 0.15) is 44.4 Å². The minimum absolute atomic E-state index is 0.107. The lowest BCUT2D eigenvalue weighted by Crippen LogP contribution is -2.08. The zero-order valence-corrected chi connectivity index (χ0v) is 17.6. The number of hydrogen-bond donors (Lipinski definition) is 1. The summed E-state index contributed by atoms with van der Waals surface area (Å²) in [7, 11) is 1.74. The molecule has 0 saturated heterocycles. The molecule has 0 fully saturated rings. The normalized spacial score (nSPS) is 12.8. The van der Waals surface area contributed by atoms with Crippen LogP contribution >= 0.6 is 0 Å². The van der Waals surface area contributed by atoms with E-state index < -0.39 is 6.43 Å². The Bertz CT molecular complexity index is 1030. The summed E-state index contributed by atoms with van der Waals surface area (Å²) in [6.45, 7) is 4.21. The molecule has 0 aliphatic carbocycles. The summed E-state index contributed by atoms with van der Waals surface area (Å²) in [5.74, 6) is 0.381. The second-order valence-corrected chi connectivity index (χ2v) is 6.89. The molecule has 3 aromatic rings. The number of allylic oxidation sites excluding steroid dienone is 1. The molecule has 162 valence electrons. The van der Waals surface area contributed by atoms with Gasteiger partial charge in [0.1, 0.15) is 6.61 Å². The van der Waals surface area contributed by atoms with Gasteiger partial charge in [-0.05, 0) is 42.7 Å². The van der Waals surface area contributed by atoms with Crippen molar-refractivity contribution in [2.45, 2.75) is 33.1 Å². The largest absolute Gasteiger partial charge is 0.472 e. The fourth-order valence-corrected chi connectivity index (χ4v) is 2.95. The SMILES string of the molecule is CCC(C/C(=C(\C)COc1ccc(-c2cn[nH]c2)nn1)c1ccc(C(F)F)cn1)=NC. The van der Waals surface area contributed by atoms with Gasteiger partial charge in [0.15, 0.2) is 0 Å². The number of nitrogens with one attached hydrogen (secondary N) is 1. The highest BCUT2D eigenvalue weighted by molar-refractivity contribution is 5.94. The van der Waals surface area contributed by atoms with Crippen molar-refractivity contribution >= 4 is 11.3 Å². The van der Waals surface area contributed by atoms with Gasteiger partial charge in [-0.15, -0.1) is 10.2 Å². The van der Waals surface area contributed by atoms with E-state index in [1.54, 1.807) is 37.6 Å². The van der Waals surface area contributed by atoms with E-state index in [-0.39, 0.29) is 12.2 Å². The van der Waals surface area contributed by atoms with Gasteiger partial charge in [-0.2, -0.15) is 5.10 Å². The number of aliphatic imine (C=N–C) groups is 1. The summed E-state index contributed by atoms with van der Waals surface area (Å²) in [5.41, 5.74) is 4.83. The van der Waals surface area contributed by atoms with Crippen molar-refractivity contribution in [3.05, 3.63) is 59.7 Å². The van der Waals surface area contributed by atoms with Gasteiger partial charge in [-0.25, -0.2) is 8.78 Å². The van der Waals surface area contributed by atoms with Crippen LogP contribution in [0.2, 0.25) is 0 Å². The number of hydrogen-bond acceptors (Lipinski definition) is 6. The number of halogens is 2. The summed E-state index contributed by atoms with van der Waals surface area (Å²) >= 11 is 0. The number of rotatable bonds is 9. The fourth-order valence-electron chi connectivity index (χ4n) is 2.95. The minimum atomic E-state index is -2.55. The van der Waals surface area contributed by atoms with Crippen LogP contribution < -0.4 is 4.74 Å². The maximum absolute atomic E-state index is 12.9. The molecule has 1 N–H and O–H groups in total. The Balaban J connectivity index is 1.79. The van der Waals surface area contributed by atoms with Crippen molar-refractivity contribution in [1.29, 1.82) is 0 Å². The summed E-state index contributed by atoms with van der Waals surface area (Å²) in [4.78, 5) is 8.57. The van der Waals surface area contributed by atoms with Crippen molar-refractivity contribution in [3.63, 3.8) is 0 Å². The average Bonchev–Trinajstić information content (AvgIpc) is 3.34. The Morgan fingerprint density at radius 3 is 2.55 bits per heavy atom. The minimum Gasteiger partial charge on any atom is -0.472 e. The van der Waals surface area contributed by atoms with Crippen molar-refractivity contribution in [3.8, 4) is 17.1 Å². The molecule has 3 heterocycles. The smallest absolute Gasteiger partial charge is 0.265 e. The molecule has 0 aliphatic heterocycles. The third-order valence-electron chi connectivity index (χ3n) is 4.84. The molecule has 0 bridgehead atoms. The highest BCUT2D eigenvalue weighted by atomic mass is 19.3. The van der Waals surface area contributed by atoms with E-state index >= 15 is 0 Å². The molecule has 0 atom stereocenters. The van der Waals surface area contributed by atoms with Gasteiger partial charge in [0.05, 0.1) is 17.6 Å². The third-order valence-corrected chi connectivity index (χ3v) is 4.84. The Morgan fingerprint density at radius 2 is 2.00 bits per heavy atom. The van der Waals surface area contributed by atoms with Crippen molar-refractivity contribution in [2.75, 3.05) is 13.7 Å². The Kier molecular flexibility index (Phi) is 7.53. The van der Waals surface area contributed by atoms with Crippen LogP contribution in [-0.4, -0.2) is 44.7 Å². The van der Waals surface area contributed by atoms with Crippen molar-refractivity contribution < 1.29 is 13.5 Å². The predicted octanol–water partition coefficient (Wildman–Crippen LogP) is 4.92. The molecule has 3 aromatic heterocycles. The lowest BCUT2D eigenvalue weighted by atomic mass is 9.98. The number of aromatic amines is 1. The first-order valence-corrected chi connectivity index (χ1v) is 9.85. The number of H-pyrrole nitrogens is 1. The van der Waals surface area contributed by atoms with Crippen LogP contribution in [0, 0.1) is 0 Å². The van der Waals surface area contributed by atoms with E-state index in [0.717, 1.165) is 28.8 Å². The van der Waals surface area contributed by atoms with E-state index in [1.165, 1.54) is 12.3 Å². The van der Waals surface area contributed by atoms with Gasteiger partial charge in [0.25, 0.3) is 6.43 Å². The topological polar surface area (TPSA) is 88.9 Å². The van der Waals surface area contributed by atoms with Gasteiger partial charge in [-0.1, -0.05) is 6.92 Å². The summed E-state index contributed by atoms with van der Waals surface area (Å²) in [6, 6.07) is 6.55. The van der Waals surface area contributed by atoms with Crippen LogP contribution in [0.3, 0.4) is 0 Å². The molecule has 0 aliphatic rings.